The zero-order valence-corrected chi connectivity index (χ0v) is 9.10. The molecule has 1 atom stereocenters. The SMILES string of the molecule is CCCN(CC(F)(F)F)C(=O)C(C)OC. The largest absolute Gasteiger partial charge is 0.406 e. The van der Waals surface area contributed by atoms with Crippen molar-refractivity contribution in [3.63, 3.8) is 0 Å². The first-order valence-corrected chi connectivity index (χ1v) is 4.70. The maximum atomic E-state index is 12.1. The highest BCUT2D eigenvalue weighted by Gasteiger charge is 2.33. The number of amides is 1. The van der Waals surface area contributed by atoms with Crippen molar-refractivity contribution in [3.05, 3.63) is 0 Å². The molecule has 3 nitrogen and oxygen atoms in total. The molecule has 0 spiro atoms. The van der Waals surface area contributed by atoms with E-state index in [1.807, 2.05) is 0 Å². The van der Waals surface area contributed by atoms with Crippen molar-refractivity contribution in [2.24, 2.45) is 0 Å². The van der Waals surface area contributed by atoms with E-state index in [4.69, 9.17) is 4.74 Å². The second kappa shape index (κ2) is 5.95. The van der Waals surface area contributed by atoms with Crippen LogP contribution in [0.1, 0.15) is 20.3 Å². The van der Waals surface area contributed by atoms with Crippen molar-refractivity contribution in [2.75, 3.05) is 20.2 Å². The highest BCUT2D eigenvalue weighted by Crippen LogP contribution is 2.17. The Kier molecular flexibility index (Phi) is 5.64. The highest BCUT2D eigenvalue weighted by atomic mass is 19.4. The van der Waals surface area contributed by atoms with E-state index in [1.165, 1.54) is 14.0 Å². The number of nitrogens with zero attached hydrogens (tertiary/aromatic N) is 1. The molecule has 90 valence electrons. The number of halogens is 3. The van der Waals surface area contributed by atoms with Crippen LogP contribution in [0.5, 0.6) is 0 Å². The van der Waals surface area contributed by atoms with Crippen LogP contribution in [0, 0.1) is 0 Å². The summed E-state index contributed by atoms with van der Waals surface area (Å²) in [6.45, 7) is 2.02. The van der Waals surface area contributed by atoms with E-state index >= 15 is 0 Å². The van der Waals surface area contributed by atoms with Gasteiger partial charge in [0.25, 0.3) is 5.91 Å². The quantitative estimate of drug-likeness (QED) is 0.717. The van der Waals surface area contributed by atoms with Crippen LogP contribution >= 0.6 is 0 Å². The molecule has 0 aliphatic heterocycles. The van der Waals surface area contributed by atoms with E-state index < -0.39 is 24.7 Å². The number of rotatable bonds is 5. The Morgan fingerprint density at radius 3 is 2.33 bits per heavy atom. The Bertz CT molecular complexity index is 206. The first-order chi connectivity index (χ1) is 6.81. The van der Waals surface area contributed by atoms with Crippen LogP contribution in [0.15, 0.2) is 0 Å². The van der Waals surface area contributed by atoms with Gasteiger partial charge in [-0.05, 0) is 13.3 Å². The lowest BCUT2D eigenvalue weighted by atomic mass is 10.3. The first-order valence-electron chi connectivity index (χ1n) is 4.70. The molecule has 0 bridgehead atoms. The molecule has 1 unspecified atom stereocenters. The van der Waals surface area contributed by atoms with Gasteiger partial charge in [0, 0.05) is 13.7 Å². The molecule has 15 heavy (non-hydrogen) atoms. The Morgan fingerprint density at radius 1 is 1.47 bits per heavy atom. The number of carbonyl (C=O) groups excluding carboxylic acids is 1. The smallest absolute Gasteiger partial charge is 0.372 e. The van der Waals surface area contributed by atoms with Gasteiger partial charge in [-0.2, -0.15) is 13.2 Å². The number of hydrogen-bond acceptors (Lipinski definition) is 2. The molecule has 0 radical (unpaired) electrons. The fourth-order valence-corrected chi connectivity index (χ4v) is 1.11. The lowest BCUT2D eigenvalue weighted by molar-refractivity contribution is -0.166. The van der Waals surface area contributed by atoms with Gasteiger partial charge in [0.2, 0.25) is 0 Å². The fraction of sp³-hybridized carbons (Fsp3) is 0.889. The predicted molar refractivity (Wildman–Crippen MR) is 49.4 cm³/mol. The average Bonchev–Trinajstić information content (AvgIpc) is 2.13. The van der Waals surface area contributed by atoms with E-state index in [0.717, 1.165) is 4.90 Å². The monoisotopic (exact) mass is 227 g/mol. The van der Waals surface area contributed by atoms with Crippen LogP contribution in [-0.2, 0) is 9.53 Å². The normalized spacial score (nSPS) is 13.7. The summed E-state index contributed by atoms with van der Waals surface area (Å²) in [6.07, 6.45) is -4.71. The number of hydrogen-bond donors (Lipinski definition) is 0. The van der Waals surface area contributed by atoms with Crippen molar-refractivity contribution in [1.82, 2.24) is 4.90 Å². The molecule has 0 aromatic heterocycles. The summed E-state index contributed by atoms with van der Waals surface area (Å²) >= 11 is 0. The third-order valence-corrected chi connectivity index (χ3v) is 1.88. The van der Waals surface area contributed by atoms with Gasteiger partial charge in [-0.15, -0.1) is 0 Å². The maximum Gasteiger partial charge on any atom is 0.406 e. The minimum atomic E-state index is -4.36. The summed E-state index contributed by atoms with van der Waals surface area (Å²) < 4.78 is 41.1. The molecule has 0 aromatic carbocycles. The number of alkyl halides is 3. The number of ether oxygens (including phenoxy) is 1. The molecule has 0 aliphatic rings. The lowest BCUT2D eigenvalue weighted by Gasteiger charge is -2.25. The predicted octanol–water partition coefficient (Wildman–Crippen LogP) is 1.82. The number of methoxy groups -OCH3 is 1. The van der Waals surface area contributed by atoms with Gasteiger partial charge in [0.05, 0.1) is 0 Å². The zero-order chi connectivity index (χ0) is 12.1. The molecule has 0 rings (SSSR count). The van der Waals surface area contributed by atoms with Gasteiger partial charge in [-0.25, -0.2) is 0 Å². The highest BCUT2D eigenvalue weighted by molar-refractivity contribution is 5.80. The Balaban J connectivity index is 4.45. The van der Waals surface area contributed by atoms with E-state index in [-0.39, 0.29) is 6.54 Å². The van der Waals surface area contributed by atoms with Crippen LogP contribution in [0.2, 0.25) is 0 Å². The molecule has 6 heteroatoms. The van der Waals surface area contributed by atoms with Crippen LogP contribution in [0.4, 0.5) is 13.2 Å². The summed E-state index contributed by atoms with van der Waals surface area (Å²) in [4.78, 5) is 12.2. The van der Waals surface area contributed by atoms with Gasteiger partial charge < -0.3 is 9.64 Å². The molecule has 0 fully saturated rings. The van der Waals surface area contributed by atoms with Gasteiger partial charge in [0.1, 0.15) is 12.6 Å². The van der Waals surface area contributed by atoms with Crippen LogP contribution < -0.4 is 0 Å². The Labute approximate surface area is 87.2 Å². The van der Waals surface area contributed by atoms with Gasteiger partial charge >= 0.3 is 6.18 Å². The zero-order valence-electron chi connectivity index (χ0n) is 9.10. The van der Waals surface area contributed by atoms with E-state index in [0.29, 0.717) is 6.42 Å². The Hall–Kier alpha value is -0.780. The van der Waals surface area contributed by atoms with E-state index in [1.54, 1.807) is 6.92 Å². The summed E-state index contributed by atoms with van der Waals surface area (Å²) in [7, 11) is 1.29. The summed E-state index contributed by atoms with van der Waals surface area (Å²) in [5.41, 5.74) is 0. The second-order valence-electron chi connectivity index (χ2n) is 3.25. The third kappa shape index (κ3) is 5.61. The van der Waals surface area contributed by atoms with Crippen molar-refractivity contribution in [2.45, 2.75) is 32.5 Å². The molecule has 0 saturated heterocycles. The molecule has 0 saturated carbocycles. The van der Waals surface area contributed by atoms with Crippen LogP contribution in [0.25, 0.3) is 0 Å². The van der Waals surface area contributed by atoms with Crippen molar-refractivity contribution in [1.29, 1.82) is 0 Å². The molecule has 0 aliphatic carbocycles. The molecular weight excluding hydrogens is 211 g/mol. The summed E-state index contributed by atoms with van der Waals surface area (Å²) in [5.74, 6) is -0.628. The van der Waals surface area contributed by atoms with E-state index in [2.05, 4.69) is 0 Å². The van der Waals surface area contributed by atoms with Crippen molar-refractivity contribution < 1.29 is 22.7 Å². The van der Waals surface area contributed by atoms with Gasteiger partial charge in [-0.1, -0.05) is 6.92 Å². The minimum Gasteiger partial charge on any atom is -0.372 e. The molecule has 0 heterocycles. The Morgan fingerprint density at radius 2 is 2.00 bits per heavy atom. The summed E-state index contributed by atoms with van der Waals surface area (Å²) in [5, 5.41) is 0. The van der Waals surface area contributed by atoms with Crippen LogP contribution in [0.3, 0.4) is 0 Å². The molecule has 0 N–H and O–H groups in total. The average molecular weight is 227 g/mol. The van der Waals surface area contributed by atoms with Gasteiger partial charge in [-0.3, -0.25) is 4.79 Å². The van der Waals surface area contributed by atoms with Crippen molar-refractivity contribution >= 4 is 5.91 Å². The van der Waals surface area contributed by atoms with E-state index in [9.17, 15) is 18.0 Å². The summed E-state index contributed by atoms with van der Waals surface area (Å²) in [6, 6.07) is 0. The lowest BCUT2D eigenvalue weighted by Crippen LogP contribution is -2.44. The first kappa shape index (κ1) is 14.2. The van der Waals surface area contributed by atoms with Crippen LogP contribution in [-0.4, -0.2) is 43.3 Å². The molecule has 0 aromatic rings. The minimum absolute atomic E-state index is 0.0893. The third-order valence-electron chi connectivity index (χ3n) is 1.88. The second-order valence-corrected chi connectivity index (χ2v) is 3.25. The number of carbonyl (C=O) groups is 1. The molecule has 1 amide bonds. The van der Waals surface area contributed by atoms with Crippen molar-refractivity contribution in [3.8, 4) is 0 Å². The molecular formula is C9H16F3NO2. The topological polar surface area (TPSA) is 29.5 Å². The fourth-order valence-electron chi connectivity index (χ4n) is 1.11. The maximum absolute atomic E-state index is 12.1. The van der Waals surface area contributed by atoms with Gasteiger partial charge in [0.15, 0.2) is 0 Å². The standard InChI is InChI=1S/C9H16F3NO2/c1-4-5-13(6-9(10,11)12)8(14)7(2)15-3/h7H,4-6H2,1-3H3.